The molecule has 1 heterocycles. The molecule has 1 saturated carbocycles. The van der Waals surface area contributed by atoms with Crippen molar-refractivity contribution >= 4 is 0 Å². The monoisotopic (exact) mass is 277 g/mol. The van der Waals surface area contributed by atoms with E-state index in [0.29, 0.717) is 0 Å². The maximum absolute atomic E-state index is 2.71. The Morgan fingerprint density at radius 3 is 2.30 bits per heavy atom. The topological polar surface area (TPSA) is 3.24 Å². The zero-order valence-corrected chi connectivity index (χ0v) is 13.8. The van der Waals surface area contributed by atoms with E-state index in [1.54, 1.807) is 0 Å². The first kappa shape index (κ1) is 16.1. The minimum absolute atomic E-state index is 0.988. The number of hydrogen-bond donors (Lipinski definition) is 0. The van der Waals surface area contributed by atoms with Gasteiger partial charge in [0.25, 0.3) is 0 Å². The minimum atomic E-state index is 0.988. The number of unbranched alkanes of at least 4 members (excludes halogenated alkanes) is 1. The third-order valence-corrected chi connectivity index (χ3v) is 5.71. The summed E-state index contributed by atoms with van der Waals surface area (Å²) in [5.74, 6) is 3.03. The molecule has 1 heteroatoms. The molecule has 0 amide bonds. The van der Waals surface area contributed by atoms with Crippen LogP contribution in [0.3, 0.4) is 0 Å². The van der Waals surface area contributed by atoms with Crippen LogP contribution in [0.4, 0.5) is 0 Å². The summed E-state index contributed by atoms with van der Waals surface area (Å²) in [6.45, 7) is 8.55. The van der Waals surface area contributed by atoms with Crippen molar-refractivity contribution in [1.82, 2.24) is 4.90 Å². The summed E-state index contributed by atoms with van der Waals surface area (Å²) in [5.41, 5.74) is 0. The lowest BCUT2D eigenvalue weighted by atomic mass is 9.74. The van der Waals surface area contributed by atoms with Crippen LogP contribution in [0.25, 0.3) is 0 Å². The van der Waals surface area contributed by atoms with E-state index in [1.807, 2.05) is 0 Å². The molecule has 0 aromatic rings. The van der Waals surface area contributed by atoms with Crippen molar-refractivity contribution in [3.8, 4) is 0 Å². The second-order valence-corrected chi connectivity index (χ2v) is 7.05. The molecule has 1 saturated heterocycles. The van der Waals surface area contributed by atoms with Crippen molar-refractivity contribution in [2.45, 2.75) is 71.6 Å². The van der Waals surface area contributed by atoms with Crippen LogP contribution >= 0.6 is 0 Å². The molecule has 20 heavy (non-hydrogen) atoms. The van der Waals surface area contributed by atoms with Crippen molar-refractivity contribution in [2.75, 3.05) is 19.6 Å². The van der Waals surface area contributed by atoms with Crippen molar-refractivity contribution in [3.63, 3.8) is 0 Å². The first-order valence-corrected chi connectivity index (χ1v) is 9.18. The molecule has 2 aliphatic rings. The Labute approximate surface area is 126 Å². The number of piperidine rings is 1. The van der Waals surface area contributed by atoms with E-state index in [4.69, 9.17) is 0 Å². The molecular weight excluding hydrogens is 242 g/mol. The van der Waals surface area contributed by atoms with E-state index in [0.717, 1.165) is 17.8 Å². The molecule has 0 bridgehead atoms. The maximum atomic E-state index is 2.71. The SMILES string of the molecule is C/C=C\CC(C1CCCC1)C1CCN(CCCC)CC1. The molecule has 1 nitrogen and oxygen atoms in total. The Balaban J connectivity index is 1.83. The third-order valence-electron chi connectivity index (χ3n) is 5.71. The van der Waals surface area contributed by atoms with Gasteiger partial charge in [0.05, 0.1) is 0 Å². The van der Waals surface area contributed by atoms with Gasteiger partial charge in [0.1, 0.15) is 0 Å². The number of hydrogen-bond acceptors (Lipinski definition) is 1. The van der Waals surface area contributed by atoms with Gasteiger partial charge in [-0.1, -0.05) is 51.2 Å². The van der Waals surface area contributed by atoms with Gasteiger partial charge in [-0.25, -0.2) is 0 Å². The highest BCUT2D eigenvalue weighted by molar-refractivity contribution is 4.90. The Kier molecular flexibility index (Phi) is 7.13. The second-order valence-electron chi connectivity index (χ2n) is 7.05. The van der Waals surface area contributed by atoms with E-state index in [1.165, 1.54) is 77.4 Å². The lowest BCUT2D eigenvalue weighted by molar-refractivity contribution is 0.117. The quantitative estimate of drug-likeness (QED) is 0.573. The van der Waals surface area contributed by atoms with Gasteiger partial charge in [0.15, 0.2) is 0 Å². The summed E-state index contributed by atoms with van der Waals surface area (Å²) >= 11 is 0. The smallest absolute Gasteiger partial charge is 0.00160 e. The second kappa shape index (κ2) is 8.87. The number of nitrogens with zero attached hydrogens (tertiary/aromatic N) is 1. The molecule has 1 aliphatic carbocycles. The Hall–Kier alpha value is -0.300. The van der Waals surface area contributed by atoms with Gasteiger partial charge in [0.2, 0.25) is 0 Å². The summed E-state index contributed by atoms with van der Waals surface area (Å²) in [7, 11) is 0. The van der Waals surface area contributed by atoms with Crippen molar-refractivity contribution in [3.05, 3.63) is 12.2 Å². The number of allylic oxidation sites excluding steroid dienone is 2. The Morgan fingerprint density at radius 1 is 1.05 bits per heavy atom. The fourth-order valence-electron chi connectivity index (χ4n) is 4.43. The van der Waals surface area contributed by atoms with Crippen molar-refractivity contribution < 1.29 is 0 Å². The highest BCUT2D eigenvalue weighted by Gasteiger charge is 2.32. The first-order valence-electron chi connectivity index (χ1n) is 9.18. The van der Waals surface area contributed by atoms with Gasteiger partial charge < -0.3 is 4.90 Å². The van der Waals surface area contributed by atoms with Gasteiger partial charge in [-0.05, 0) is 70.0 Å². The van der Waals surface area contributed by atoms with Gasteiger partial charge in [0, 0.05) is 0 Å². The van der Waals surface area contributed by atoms with Crippen LogP contribution in [0, 0.1) is 17.8 Å². The molecule has 0 N–H and O–H groups in total. The zero-order valence-electron chi connectivity index (χ0n) is 13.8. The van der Waals surface area contributed by atoms with Gasteiger partial charge >= 0.3 is 0 Å². The predicted molar refractivity (Wildman–Crippen MR) is 89.0 cm³/mol. The molecule has 0 aromatic carbocycles. The van der Waals surface area contributed by atoms with Crippen LogP contribution in [0.1, 0.15) is 71.6 Å². The first-order chi connectivity index (χ1) is 9.85. The molecule has 0 aromatic heterocycles. The van der Waals surface area contributed by atoms with Crippen LogP contribution in [0.15, 0.2) is 12.2 Å². The van der Waals surface area contributed by atoms with Crippen LogP contribution in [0.5, 0.6) is 0 Å². The molecule has 2 fully saturated rings. The molecule has 1 aliphatic heterocycles. The van der Waals surface area contributed by atoms with Crippen LogP contribution in [-0.4, -0.2) is 24.5 Å². The predicted octanol–water partition coefficient (Wildman–Crippen LogP) is 5.27. The van der Waals surface area contributed by atoms with E-state index in [-0.39, 0.29) is 0 Å². The lowest BCUT2D eigenvalue weighted by Gasteiger charge is -2.38. The molecule has 1 atom stereocenters. The molecule has 1 unspecified atom stereocenters. The lowest BCUT2D eigenvalue weighted by Crippen LogP contribution is -2.38. The minimum Gasteiger partial charge on any atom is -0.303 e. The molecular formula is C19H35N. The number of likely N-dealkylation sites (tertiary alicyclic amines) is 1. The van der Waals surface area contributed by atoms with Crippen LogP contribution < -0.4 is 0 Å². The number of rotatable bonds is 7. The highest BCUT2D eigenvalue weighted by atomic mass is 15.1. The summed E-state index contributed by atoms with van der Waals surface area (Å²) in [5, 5.41) is 0. The van der Waals surface area contributed by atoms with E-state index < -0.39 is 0 Å². The van der Waals surface area contributed by atoms with E-state index in [9.17, 15) is 0 Å². The van der Waals surface area contributed by atoms with Crippen LogP contribution in [0.2, 0.25) is 0 Å². The fraction of sp³-hybridized carbons (Fsp3) is 0.895. The van der Waals surface area contributed by atoms with Crippen LogP contribution in [-0.2, 0) is 0 Å². The molecule has 116 valence electrons. The summed E-state index contributed by atoms with van der Waals surface area (Å²) in [6, 6.07) is 0. The van der Waals surface area contributed by atoms with Gasteiger partial charge in [-0.3, -0.25) is 0 Å². The summed E-state index contributed by atoms with van der Waals surface area (Å²) in [6.07, 6.45) is 17.7. The summed E-state index contributed by atoms with van der Waals surface area (Å²) in [4.78, 5) is 2.71. The summed E-state index contributed by atoms with van der Waals surface area (Å²) < 4.78 is 0. The molecule has 0 radical (unpaired) electrons. The Bertz CT molecular complexity index is 269. The Morgan fingerprint density at radius 2 is 1.70 bits per heavy atom. The fourth-order valence-corrected chi connectivity index (χ4v) is 4.43. The normalized spacial score (nSPS) is 24.7. The molecule has 2 rings (SSSR count). The van der Waals surface area contributed by atoms with Crippen molar-refractivity contribution in [1.29, 1.82) is 0 Å². The maximum Gasteiger partial charge on any atom is -0.00160 e. The molecule has 0 spiro atoms. The highest BCUT2D eigenvalue weighted by Crippen LogP contribution is 2.41. The average molecular weight is 277 g/mol. The standard InChI is InChI=1S/C19H35N/c1-3-5-11-19(17-9-7-8-10-17)18-12-15-20(16-13-18)14-6-4-2/h3,5,17-19H,4,6-16H2,1-2H3/b5-3-. The average Bonchev–Trinajstić information content (AvgIpc) is 3.01. The van der Waals surface area contributed by atoms with Crippen molar-refractivity contribution in [2.24, 2.45) is 17.8 Å². The van der Waals surface area contributed by atoms with Gasteiger partial charge in [-0.15, -0.1) is 0 Å². The van der Waals surface area contributed by atoms with Gasteiger partial charge in [-0.2, -0.15) is 0 Å². The third kappa shape index (κ3) is 4.62. The van der Waals surface area contributed by atoms with E-state index >= 15 is 0 Å². The van der Waals surface area contributed by atoms with E-state index in [2.05, 4.69) is 30.9 Å². The largest absolute Gasteiger partial charge is 0.303 e. The zero-order chi connectivity index (χ0) is 14.2.